The van der Waals surface area contributed by atoms with Crippen LogP contribution < -0.4 is 5.73 Å². The molecule has 0 spiro atoms. The molecular weight excluding hydrogens is 425 g/mol. The molecule has 3 N–H and O–H groups in total. The van der Waals surface area contributed by atoms with Gasteiger partial charge in [-0.2, -0.15) is 0 Å². The Morgan fingerprint density at radius 1 is 1.17 bits per heavy atom. The number of carboxylic acids is 1. The number of hydrogen-bond acceptors (Lipinski definition) is 3. The van der Waals surface area contributed by atoms with E-state index in [-0.39, 0.29) is 5.78 Å². The standard InChI is InChI=1S/C24H26AsNO3/c1-5-7-16-9-12-21(24(4,25)23(28)29)20(13-16)18-10-11-19(22(27)15(3)26)17(14-18)8-6-2/h5-6,9-15H,1-2,7-8,26H2,3-4H3,(H,28,29). The van der Waals surface area contributed by atoms with Gasteiger partial charge in [0.25, 0.3) is 0 Å². The zero-order chi connectivity index (χ0) is 21.8. The molecular formula is C24H26AsNO3. The molecule has 0 aliphatic carbocycles. The van der Waals surface area contributed by atoms with Gasteiger partial charge in [-0.3, -0.25) is 0 Å². The maximum absolute atomic E-state index is 12.5. The van der Waals surface area contributed by atoms with Gasteiger partial charge in [-0.15, -0.1) is 0 Å². The third-order valence-electron chi connectivity index (χ3n) is 4.86. The third kappa shape index (κ3) is 4.95. The molecule has 0 aliphatic rings. The van der Waals surface area contributed by atoms with Crippen molar-refractivity contribution in [3.63, 3.8) is 0 Å². The summed E-state index contributed by atoms with van der Waals surface area (Å²) in [4.78, 5) is 24.4. The summed E-state index contributed by atoms with van der Waals surface area (Å²) in [6.07, 6.45) is 4.74. The van der Waals surface area contributed by atoms with Crippen molar-refractivity contribution in [1.82, 2.24) is 0 Å². The second-order valence-corrected chi connectivity index (χ2v) is 9.14. The number of carboxylic acid groups (broad SMARTS) is 1. The van der Waals surface area contributed by atoms with Crippen molar-refractivity contribution in [1.29, 1.82) is 0 Å². The van der Waals surface area contributed by atoms with Gasteiger partial charge in [-0.1, -0.05) is 0 Å². The van der Waals surface area contributed by atoms with Gasteiger partial charge in [0.15, 0.2) is 0 Å². The minimum atomic E-state index is -1.13. The van der Waals surface area contributed by atoms with Crippen molar-refractivity contribution in [2.75, 3.05) is 0 Å². The van der Waals surface area contributed by atoms with E-state index in [2.05, 4.69) is 30.0 Å². The predicted octanol–water partition coefficient (Wildman–Crippen LogP) is 3.81. The average Bonchev–Trinajstić information content (AvgIpc) is 2.67. The van der Waals surface area contributed by atoms with Gasteiger partial charge in [0.05, 0.1) is 0 Å². The topological polar surface area (TPSA) is 80.4 Å². The normalized spacial score (nSPS) is 13.9. The number of hydrogen-bond donors (Lipinski definition) is 2. The number of rotatable bonds is 9. The zero-order valence-corrected chi connectivity index (χ0v) is 18.7. The SMILES string of the molecule is C=CCc1ccc(C(C)([As])C(=O)O)c(-c2ccc(C(=O)C(C)N)c(CC=C)c2)c1. The number of carbonyl (C=O) groups excluding carboxylic acids is 1. The first-order valence-electron chi connectivity index (χ1n) is 9.37. The van der Waals surface area contributed by atoms with Crippen LogP contribution in [0.25, 0.3) is 11.1 Å². The van der Waals surface area contributed by atoms with Crippen molar-refractivity contribution in [2.24, 2.45) is 5.73 Å². The van der Waals surface area contributed by atoms with Gasteiger partial charge in [-0.25, -0.2) is 0 Å². The molecule has 29 heavy (non-hydrogen) atoms. The Kier molecular flexibility index (Phi) is 7.40. The van der Waals surface area contributed by atoms with E-state index in [1.165, 1.54) is 0 Å². The molecule has 2 rings (SSSR count). The number of carbonyl (C=O) groups is 2. The fraction of sp³-hybridized carbons (Fsp3) is 0.250. The summed E-state index contributed by atoms with van der Waals surface area (Å²) >= 11 is 2.25. The fourth-order valence-electron chi connectivity index (χ4n) is 3.23. The van der Waals surface area contributed by atoms with Crippen LogP contribution in [0.4, 0.5) is 0 Å². The number of aliphatic carboxylic acids is 1. The molecule has 0 aromatic heterocycles. The molecule has 5 heteroatoms. The summed E-state index contributed by atoms with van der Waals surface area (Å²) in [5.41, 5.74) is 10.6. The van der Waals surface area contributed by atoms with E-state index in [4.69, 9.17) is 5.73 Å². The summed E-state index contributed by atoms with van der Waals surface area (Å²) in [7, 11) is 0. The molecule has 2 unspecified atom stereocenters. The van der Waals surface area contributed by atoms with E-state index in [1.54, 1.807) is 26.0 Å². The summed E-state index contributed by atoms with van der Waals surface area (Å²) in [5.74, 6) is -1.05. The van der Waals surface area contributed by atoms with Crippen LogP contribution in [-0.2, 0) is 21.8 Å². The van der Waals surface area contributed by atoms with Crippen LogP contribution in [-0.4, -0.2) is 39.8 Å². The maximum atomic E-state index is 12.5. The average molecular weight is 451 g/mol. The summed E-state index contributed by atoms with van der Waals surface area (Å²) in [6, 6.07) is 10.7. The molecule has 0 fully saturated rings. The van der Waals surface area contributed by atoms with Crippen LogP contribution >= 0.6 is 0 Å². The van der Waals surface area contributed by atoms with E-state index in [1.807, 2.05) is 36.4 Å². The van der Waals surface area contributed by atoms with E-state index in [0.29, 0.717) is 24.0 Å². The molecule has 2 atom stereocenters. The molecule has 0 amide bonds. The molecule has 0 bridgehead atoms. The quantitative estimate of drug-likeness (QED) is 0.345. The second kappa shape index (κ2) is 9.38. The van der Waals surface area contributed by atoms with Gasteiger partial charge in [0, 0.05) is 0 Å². The minimum absolute atomic E-state index is 0.128. The van der Waals surface area contributed by atoms with Gasteiger partial charge in [0.2, 0.25) is 0 Å². The Morgan fingerprint density at radius 2 is 1.83 bits per heavy atom. The first-order chi connectivity index (χ1) is 13.6. The van der Waals surface area contributed by atoms with E-state index in [0.717, 1.165) is 22.3 Å². The predicted molar refractivity (Wildman–Crippen MR) is 118 cm³/mol. The number of nitrogens with two attached hydrogens (primary N) is 1. The number of Topliss-reactive ketones (excluding diaryl/α,β-unsaturated/α-hetero) is 1. The van der Waals surface area contributed by atoms with Crippen LogP contribution in [0.5, 0.6) is 0 Å². The van der Waals surface area contributed by atoms with Crippen LogP contribution in [0, 0.1) is 0 Å². The molecule has 0 saturated heterocycles. The number of benzene rings is 2. The molecule has 2 radical (unpaired) electrons. The van der Waals surface area contributed by atoms with Gasteiger partial charge >= 0.3 is 181 Å². The number of allylic oxidation sites excluding steroid dienone is 2. The zero-order valence-electron chi connectivity index (χ0n) is 16.8. The van der Waals surface area contributed by atoms with Crippen LogP contribution in [0.1, 0.15) is 40.9 Å². The molecule has 0 heterocycles. The Labute approximate surface area is 181 Å². The van der Waals surface area contributed by atoms with Crippen LogP contribution in [0.3, 0.4) is 0 Å². The van der Waals surface area contributed by atoms with Gasteiger partial charge < -0.3 is 0 Å². The van der Waals surface area contributed by atoms with Crippen molar-refractivity contribution < 1.29 is 14.7 Å². The van der Waals surface area contributed by atoms with Gasteiger partial charge in [0.1, 0.15) is 0 Å². The molecule has 2 aromatic rings. The Hall–Kier alpha value is -2.42. The van der Waals surface area contributed by atoms with E-state index < -0.39 is 16.2 Å². The molecule has 0 saturated carbocycles. The van der Waals surface area contributed by atoms with Crippen molar-refractivity contribution in [3.8, 4) is 11.1 Å². The number of ketones is 1. The van der Waals surface area contributed by atoms with Crippen molar-refractivity contribution in [3.05, 3.63) is 84.0 Å². The monoisotopic (exact) mass is 451 g/mol. The van der Waals surface area contributed by atoms with Crippen molar-refractivity contribution in [2.45, 2.75) is 36.9 Å². The summed E-state index contributed by atoms with van der Waals surface area (Å²) in [5, 5.41) is 9.75. The first kappa shape index (κ1) is 22.9. The van der Waals surface area contributed by atoms with Crippen LogP contribution in [0.2, 0.25) is 0 Å². The van der Waals surface area contributed by atoms with E-state index in [9.17, 15) is 14.7 Å². The summed E-state index contributed by atoms with van der Waals surface area (Å²) in [6.45, 7) is 10.9. The second-order valence-electron chi connectivity index (χ2n) is 7.27. The molecule has 150 valence electrons. The van der Waals surface area contributed by atoms with E-state index >= 15 is 0 Å². The molecule has 0 aliphatic heterocycles. The third-order valence-corrected chi connectivity index (χ3v) is 5.77. The fourth-order valence-corrected chi connectivity index (χ4v) is 3.64. The molecule has 2 aromatic carbocycles. The Balaban J connectivity index is 2.74. The van der Waals surface area contributed by atoms with Gasteiger partial charge in [-0.05, 0) is 0 Å². The van der Waals surface area contributed by atoms with Crippen molar-refractivity contribution >= 4 is 28.6 Å². The molecule has 4 nitrogen and oxygen atoms in total. The Bertz CT molecular complexity index is 961. The Morgan fingerprint density at radius 3 is 2.38 bits per heavy atom. The first-order valence-corrected chi connectivity index (χ1v) is 10.3. The summed E-state index contributed by atoms with van der Waals surface area (Å²) < 4.78 is -1.13. The van der Waals surface area contributed by atoms with Crippen LogP contribution in [0.15, 0.2) is 61.7 Å².